The van der Waals surface area contributed by atoms with Gasteiger partial charge in [0, 0.05) is 8.07 Å². The Balaban J connectivity index is 2.05. The fourth-order valence-corrected chi connectivity index (χ4v) is 5.00. The molecule has 13 heavy (non-hydrogen) atoms. The lowest BCUT2D eigenvalue weighted by molar-refractivity contribution is 0.412. The highest BCUT2D eigenvalue weighted by Crippen LogP contribution is 2.49. The molecule has 1 heteroatoms. The van der Waals surface area contributed by atoms with Gasteiger partial charge in [-0.15, -0.1) is 0 Å². The number of hydrogen-bond donors (Lipinski definition) is 0. The Labute approximate surface area is 83.4 Å². The highest BCUT2D eigenvalue weighted by atomic mass is 28.3. The zero-order chi connectivity index (χ0) is 9.47. The summed E-state index contributed by atoms with van der Waals surface area (Å²) in [6.45, 7) is 7.62. The zero-order valence-electron chi connectivity index (χ0n) is 9.22. The minimum absolute atomic E-state index is 0.846. The van der Waals surface area contributed by atoms with Crippen LogP contribution in [0.1, 0.15) is 25.7 Å². The third-order valence-electron chi connectivity index (χ3n) is 4.06. The van der Waals surface area contributed by atoms with Crippen molar-refractivity contribution in [1.29, 1.82) is 0 Å². The molecular formula is C12H22Si. The number of hydrogen-bond acceptors (Lipinski definition) is 0. The van der Waals surface area contributed by atoms with Gasteiger partial charge in [-0.2, -0.15) is 0 Å². The maximum Gasteiger partial charge on any atom is 0.0474 e. The predicted octanol–water partition coefficient (Wildman–Crippen LogP) is 4.07. The van der Waals surface area contributed by atoms with E-state index in [4.69, 9.17) is 0 Å². The van der Waals surface area contributed by atoms with E-state index >= 15 is 0 Å². The van der Waals surface area contributed by atoms with Crippen LogP contribution in [0.15, 0.2) is 12.2 Å². The van der Waals surface area contributed by atoms with Gasteiger partial charge in [-0.1, -0.05) is 31.8 Å². The van der Waals surface area contributed by atoms with Gasteiger partial charge in [-0.3, -0.25) is 0 Å². The second kappa shape index (κ2) is 3.27. The van der Waals surface area contributed by atoms with Crippen molar-refractivity contribution in [2.45, 2.75) is 50.9 Å². The van der Waals surface area contributed by atoms with Crippen LogP contribution in [0.2, 0.25) is 25.2 Å². The van der Waals surface area contributed by atoms with Crippen molar-refractivity contribution in [2.75, 3.05) is 0 Å². The topological polar surface area (TPSA) is 0 Å². The summed E-state index contributed by atoms with van der Waals surface area (Å²) in [4.78, 5) is 0. The highest BCUT2D eigenvalue weighted by molar-refractivity contribution is 6.77. The Morgan fingerprint density at radius 1 is 1.15 bits per heavy atom. The smallest absolute Gasteiger partial charge is 0.0474 e. The summed E-state index contributed by atoms with van der Waals surface area (Å²) in [6.07, 6.45) is 10.8. The Kier molecular flexibility index (Phi) is 2.39. The first-order valence-corrected chi connectivity index (χ1v) is 9.32. The molecule has 2 aliphatic rings. The average molecular weight is 194 g/mol. The van der Waals surface area contributed by atoms with Crippen molar-refractivity contribution in [2.24, 2.45) is 11.8 Å². The molecule has 0 aromatic heterocycles. The quantitative estimate of drug-likeness (QED) is 0.436. The zero-order valence-corrected chi connectivity index (χ0v) is 10.2. The van der Waals surface area contributed by atoms with Crippen LogP contribution in [0.3, 0.4) is 0 Å². The molecule has 0 spiro atoms. The first-order valence-electron chi connectivity index (χ1n) is 5.74. The average Bonchev–Trinajstić information content (AvgIpc) is 2.45. The van der Waals surface area contributed by atoms with E-state index in [0.29, 0.717) is 0 Å². The molecule has 0 aromatic carbocycles. The molecule has 1 saturated carbocycles. The molecule has 74 valence electrons. The molecule has 0 saturated heterocycles. The third-order valence-corrected chi connectivity index (χ3v) is 6.98. The fraction of sp³-hybridized carbons (Fsp3) is 0.833. The van der Waals surface area contributed by atoms with Crippen molar-refractivity contribution in [3.63, 3.8) is 0 Å². The van der Waals surface area contributed by atoms with E-state index in [1.165, 1.54) is 19.3 Å². The van der Waals surface area contributed by atoms with Crippen molar-refractivity contribution >= 4 is 8.07 Å². The minimum atomic E-state index is -0.846. The molecule has 3 unspecified atom stereocenters. The Bertz CT molecular complexity index is 212. The molecular weight excluding hydrogens is 172 g/mol. The van der Waals surface area contributed by atoms with Gasteiger partial charge in [0.1, 0.15) is 0 Å². The molecule has 0 amide bonds. The Morgan fingerprint density at radius 2 is 1.92 bits per heavy atom. The van der Waals surface area contributed by atoms with E-state index in [9.17, 15) is 0 Å². The van der Waals surface area contributed by atoms with E-state index in [1.807, 2.05) is 0 Å². The lowest BCUT2D eigenvalue weighted by Gasteiger charge is -2.24. The highest BCUT2D eigenvalue weighted by Gasteiger charge is 2.39. The molecule has 0 N–H and O–H groups in total. The third kappa shape index (κ3) is 1.90. The normalized spacial score (nSPS) is 39.2. The van der Waals surface area contributed by atoms with Crippen LogP contribution < -0.4 is 0 Å². The van der Waals surface area contributed by atoms with Gasteiger partial charge in [0.2, 0.25) is 0 Å². The largest absolute Gasteiger partial charge is 0.0882 e. The molecule has 3 atom stereocenters. The summed E-state index contributed by atoms with van der Waals surface area (Å²) in [5.74, 6) is 2.02. The summed E-state index contributed by atoms with van der Waals surface area (Å²) >= 11 is 0. The summed E-state index contributed by atoms with van der Waals surface area (Å²) in [5.41, 5.74) is 1.10. The summed E-state index contributed by atoms with van der Waals surface area (Å²) in [7, 11) is -0.846. The van der Waals surface area contributed by atoms with Crippen molar-refractivity contribution in [3.05, 3.63) is 12.2 Å². The van der Waals surface area contributed by atoms with Crippen LogP contribution in [-0.2, 0) is 0 Å². The molecule has 0 nitrogen and oxygen atoms in total. The molecule has 0 radical (unpaired) electrons. The second-order valence-corrected chi connectivity index (χ2v) is 11.5. The molecule has 1 fully saturated rings. The first-order chi connectivity index (χ1) is 6.07. The molecule has 0 aromatic rings. The van der Waals surface area contributed by atoms with E-state index < -0.39 is 8.07 Å². The van der Waals surface area contributed by atoms with Crippen LogP contribution in [0.5, 0.6) is 0 Å². The van der Waals surface area contributed by atoms with Gasteiger partial charge in [0.15, 0.2) is 0 Å². The van der Waals surface area contributed by atoms with Gasteiger partial charge in [-0.25, -0.2) is 0 Å². The molecule has 0 aliphatic heterocycles. The number of rotatable bonds is 1. The van der Waals surface area contributed by atoms with Gasteiger partial charge >= 0.3 is 0 Å². The summed E-state index contributed by atoms with van der Waals surface area (Å²) in [6, 6.07) is 0. The monoisotopic (exact) mass is 194 g/mol. The fourth-order valence-electron chi connectivity index (χ4n) is 3.01. The molecule has 0 heterocycles. The molecule has 2 aliphatic carbocycles. The van der Waals surface area contributed by atoms with E-state index in [0.717, 1.165) is 17.4 Å². The second-order valence-electron chi connectivity index (χ2n) is 5.96. The van der Waals surface area contributed by atoms with Crippen molar-refractivity contribution < 1.29 is 0 Å². The maximum atomic E-state index is 2.54. The number of allylic oxidation sites excluding steroid dienone is 2. The predicted molar refractivity (Wildman–Crippen MR) is 61.7 cm³/mol. The minimum Gasteiger partial charge on any atom is -0.0882 e. The first kappa shape index (κ1) is 9.51. The van der Waals surface area contributed by atoms with Gasteiger partial charge in [0.05, 0.1) is 0 Å². The van der Waals surface area contributed by atoms with Gasteiger partial charge in [-0.05, 0) is 43.1 Å². The lowest BCUT2D eigenvalue weighted by atomic mass is 9.87. The summed E-state index contributed by atoms with van der Waals surface area (Å²) in [5, 5.41) is 0. The van der Waals surface area contributed by atoms with Crippen LogP contribution in [0.4, 0.5) is 0 Å². The number of fused-ring (bicyclic) bond motifs is 1. The Hall–Kier alpha value is -0.0431. The Morgan fingerprint density at radius 3 is 2.54 bits per heavy atom. The maximum absolute atomic E-state index is 2.54. The van der Waals surface area contributed by atoms with Crippen LogP contribution in [0.25, 0.3) is 0 Å². The molecule has 0 bridgehead atoms. The van der Waals surface area contributed by atoms with E-state index in [-0.39, 0.29) is 0 Å². The van der Waals surface area contributed by atoms with Crippen molar-refractivity contribution in [3.8, 4) is 0 Å². The van der Waals surface area contributed by atoms with E-state index in [2.05, 4.69) is 31.8 Å². The SMILES string of the molecule is C[Si](C)(C)C1CC2C=CCCC2C1. The van der Waals surface area contributed by atoms with Gasteiger partial charge in [0.25, 0.3) is 0 Å². The lowest BCUT2D eigenvalue weighted by Crippen LogP contribution is -2.26. The molecule has 2 rings (SSSR count). The summed E-state index contributed by atoms with van der Waals surface area (Å²) < 4.78 is 0. The van der Waals surface area contributed by atoms with E-state index in [1.54, 1.807) is 6.42 Å². The van der Waals surface area contributed by atoms with Crippen LogP contribution >= 0.6 is 0 Å². The standard InChI is InChI=1S/C12H22Si/c1-13(2,3)12-8-10-6-4-5-7-11(10)9-12/h4,6,10-12H,5,7-9H2,1-3H3. The van der Waals surface area contributed by atoms with Gasteiger partial charge < -0.3 is 0 Å². The van der Waals surface area contributed by atoms with Crippen molar-refractivity contribution in [1.82, 2.24) is 0 Å². The van der Waals surface area contributed by atoms with Crippen LogP contribution in [-0.4, -0.2) is 8.07 Å². The van der Waals surface area contributed by atoms with Crippen LogP contribution in [0, 0.1) is 11.8 Å².